The Morgan fingerprint density at radius 3 is 2.84 bits per heavy atom. The summed E-state index contributed by atoms with van der Waals surface area (Å²) < 4.78 is 40.5. The van der Waals surface area contributed by atoms with Gasteiger partial charge in [0.15, 0.2) is 0 Å². The molecule has 1 aliphatic carbocycles. The lowest BCUT2D eigenvalue weighted by Crippen LogP contribution is -2.38. The molecule has 0 heterocycles. The van der Waals surface area contributed by atoms with Crippen molar-refractivity contribution in [1.82, 2.24) is 4.72 Å². The summed E-state index contributed by atoms with van der Waals surface area (Å²) in [4.78, 5) is -0.323. The number of hydrogen-bond acceptors (Lipinski definition) is 3. The maximum atomic E-state index is 13.6. The van der Waals surface area contributed by atoms with Gasteiger partial charge in [-0.15, -0.1) is 0 Å². The van der Waals surface area contributed by atoms with E-state index in [9.17, 15) is 17.9 Å². The summed E-state index contributed by atoms with van der Waals surface area (Å²) in [5.74, 6) is -0.834. The minimum Gasteiger partial charge on any atom is -0.396 e. The topological polar surface area (TPSA) is 66.4 Å². The van der Waals surface area contributed by atoms with Gasteiger partial charge in [-0.2, -0.15) is 0 Å². The summed E-state index contributed by atoms with van der Waals surface area (Å²) in [5, 5.41) is 9.19. The number of sulfonamides is 1. The fourth-order valence-corrected chi connectivity index (χ4v) is 3.99. The summed E-state index contributed by atoms with van der Waals surface area (Å²) in [6.45, 7) is 1.66. The number of benzene rings is 1. The van der Waals surface area contributed by atoms with E-state index in [1.165, 1.54) is 12.1 Å². The van der Waals surface area contributed by atoms with Crippen LogP contribution in [-0.4, -0.2) is 26.2 Å². The molecule has 4 nitrogen and oxygen atoms in total. The zero-order valence-electron chi connectivity index (χ0n) is 10.8. The van der Waals surface area contributed by atoms with Crippen molar-refractivity contribution >= 4 is 10.0 Å². The molecule has 0 amide bonds. The molecule has 1 aliphatic rings. The molecule has 19 heavy (non-hydrogen) atoms. The Labute approximate surface area is 112 Å². The molecule has 1 fully saturated rings. The number of nitrogens with one attached hydrogen (secondary N) is 1. The average molecular weight is 287 g/mol. The number of aliphatic hydroxyl groups excluding tert-OH is 1. The minimum absolute atomic E-state index is 0.0521. The molecule has 2 atom stereocenters. The van der Waals surface area contributed by atoms with Crippen LogP contribution in [0, 0.1) is 18.7 Å². The van der Waals surface area contributed by atoms with Gasteiger partial charge in [0.25, 0.3) is 0 Å². The van der Waals surface area contributed by atoms with E-state index in [4.69, 9.17) is 0 Å². The Bertz CT molecular complexity index is 559. The van der Waals surface area contributed by atoms with Gasteiger partial charge in [-0.25, -0.2) is 17.5 Å². The Hall–Kier alpha value is -0.980. The molecular weight excluding hydrogens is 269 g/mol. The fraction of sp³-hybridized carbons (Fsp3) is 0.538. The van der Waals surface area contributed by atoms with Crippen molar-refractivity contribution in [2.45, 2.75) is 37.1 Å². The zero-order valence-corrected chi connectivity index (χ0v) is 11.6. The van der Waals surface area contributed by atoms with Crippen LogP contribution in [0.3, 0.4) is 0 Å². The highest BCUT2D eigenvalue weighted by Gasteiger charge is 2.31. The maximum absolute atomic E-state index is 13.6. The Morgan fingerprint density at radius 2 is 2.16 bits per heavy atom. The summed E-state index contributed by atoms with van der Waals surface area (Å²) in [5.41, 5.74) is 0.687. The highest BCUT2D eigenvalue weighted by Crippen LogP contribution is 2.27. The van der Waals surface area contributed by atoms with Crippen molar-refractivity contribution in [3.05, 3.63) is 29.6 Å². The molecule has 0 spiro atoms. The third-order valence-corrected chi connectivity index (χ3v) is 5.08. The molecule has 0 aromatic heterocycles. The van der Waals surface area contributed by atoms with E-state index in [1.54, 1.807) is 6.92 Å². The Balaban J connectivity index is 2.25. The van der Waals surface area contributed by atoms with E-state index in [0.717, 1.165) is 18.9 Å². The first-order valence-corrected chi connectivity index (χ1v) is 7.81. The number of halogens is 1. The molecule has 1 aromatic carbocycles. The van der Waals surface area contributed by atoms with Gasteiger partial charge >= 0.3 is 0 Å². The van der Waals surface area contributed by atoms with Crippen molar-refractivity contribution in [3.63, 3.8) is 0 Å². The molecule has 106 valence electrons. The molecule has 0 aliphatic heterocycles. The molecule has 2 unspecified atom stereocenters. The Kier molecular flexibility index (Phi) is 4.23. The van der Waals surface area contributed by atoms with Crippen LogP contribution in [0.1, 0.15) is 24.8 Å². The minimum atomic E-state index is -3.88. The molecule has 2 N–H and O–H groups in total. The van der Waals surface area contributed by atoms with Crippen LogP contribution in [-0.2, 0) is 10.0 Å². The molecule has 0 radical (unpaired) electrons. The molecule has 0 bridgehead atoms. The van der Waals surface area contributed by atoms with Crippen molar-refractivity contribution < 1.29 is 17.9 Å². The van der Waals surface area contributed by atoms with Crippen molar-refractivity contribution in [2.24, 2.45) is 5.92 Å². The van der Waals surface area contributed by atoms with Crippen molar-refractivity contribution in [3.8, 4) is 0 Å². The molecule has 0 saturated heterocycles. The van der Waals surface area contributed by atoms with Crippen LogP contribution >= 0.6 is 0 Å². The molecule has 2 rings (SSSR count). The molecule has 6 heteroatoms. The third-order valence-electron chi connectivity index (χ3n) is 3.58. The molecular formula is C13H18FNO3S. The van der Waals surface area contributed by atoms with Gasteiger partial charge in [0.2, 0.25) is 10.0 Å². The quantitative estimate of drug-likeness (QED) is 0.883. The van der Waals surface area contributed by atoms with E-state index in [1.807, 2.05) is 0 Å². The van der Waals surface area contributed by atoms with Gasteiger partial charge < -0.3 is 5.11 Å². The first-order valence-electron chi connectivity index (χ1n) is 6.33. The standard InChI is InChI=1S/C13H18FNO3S/c1-9-5-6-11(14)13(7-9)19(17,18)15-12-4-2-3-10(12)8-16/h5-7,10,12,15-16H,2-4,8H2,1H3. The molecule has 1 aromatic rings. The first kappa shape index (κ1) is 14.4. The zero-order chi connectivity index (χ0) is 14.0. The maximum Gasteiger partial charge on any atom is 0.243 e. The van der Waals surface area contributed by atoms with Crippen LogP contribution in [0.2, 0.25) is 0 Å². The van der Waals surface area contributed by atoms with Crippen molar-refractivity contribution in [1.29, 1.82) is 0 Å². The summed E-state index contributed by atoms with van der Waals surface area (Å²) in [6.07, 6.45) is 2.34. The highest BCUT2D eigenvalue weighted by molar-refractivity contribution is 7.89. The van der Waals surface area contributed by atoms with E-state index in [2.05, 4.69) is 4.72 Å². The predicted molar refractivity (Wildman–Crippen MR) is 69.7 cm³/mol. The Morgan fingerprint density at radius 1 is 1.42 bits per heavy atom. The average Bonchev–Trinajstić information content (AvgIpc) is 2.78. The summed E-state index contributed by atoms with van der Waals surface area (Å²) >= 11 is 0. The van der Waals surface area contributed by atoms with Gasteiger partial charge in [0.05, 0.1) is 0 Å². The lowest BCUT2D eigenvalue weighted by Gasteiger charge is -2.19. The normalized spacial score (nSPS) is 23.7. The largest absolute Gasteiger partial charge is 0.396 e. The van der Waals surface area contributed by atoms with Gasteiger partial charge in [0.1, 0.15) is 10.7 Å². The molecule has 1 saturated carbocycles. The van der Waals surface area contributed by atoms with Crippen LogP contribution in [0.25, 0.3) is 0 Å². The number of aryl methyl sites for hydroxylation is 1. The van der Waals surface area contributed by atoms with Crippen LogP contribution < -0.4 is 4.72 Å². The van der Waals surface area contributed by atoms with E-state index in [0.29, 0.717) is 12.0 Å². The second-order valence-electron chi connectivity index (χ2n) is 5.04. The SMILES string of the molecule is Cc1ccc(F)c(S(=O)(=O)NC2CCCC2CO)c1. The fourth-order valence-electron chi connectivity index (χ4n) is 2.49. The smallest absolute Gasteiger partial charge is 0.243 e. The second kappa shape index (κ2) is 5.56. The lowest BCUT2D eigenvalue weighted by molar-refractivity contribution is 0.213. The van der Waals surface area contributed by atoms with E-state index < -0.39 is 15.8 Å². The monoisotopic (exact) mass is 287 g/mol. The number of rotatable bonds is 4. The van der Waals surface area contributed by atoms with Crippen molar-refractivity contribution in [2.75, 3.05) is 6.61 Å². The third kappa shape index (κ3) is 3.13. The lowest BCUT2D eigenvalue weighted by atomic mass is 10.1. The van der Waals surface area contributed by atoms with Gasteiger partial charge in [-0.3, -0.25) is 0 Å². The van der Waals surface area contributed by atoms with Crippen LogP contribution in [0.4, 0.5) is 4.39 Å². The van der Waals surface area contributed by atoms with Gasteiger partial charge in [0, 0.05) is 12.6 Å². The highest BCUT2D eigenvalue weighted by atomic mass is 32.2. The summed E-state index contributed by atoms with van der Waals surface area (Å²) in [7, 11) is -3.88. The van der Waals surface area contributed by atoms with Gasteiger partial charge in [-0.1, -0.05) is 12.5 Å². The summed E-state index contributed by atoms with van der Waals surface area (Å²) in [6, 6.07) is 3.69. The second-order valence-corrected chi connectivity index (χ2v) is 6.72. The predicted octanol–water partition coefficient (Wildman–Crippen LogP) is 1.57. The number of hydrogen-bond donors (Lipinski definition) is 2. The van der Waals surface area contributed by atoms with Crippen LogP contribution in [0.15, 0.2) is 23.1 Å². The van der Waals surface area contributed by atoms with E-state index in [-0.39, 0.29) is 23.5 Å². The number of aliphatic hydroxyl groups is 1. The van der Waals surface area contributed by atoms with E-state index >= 15 is 0 Å². The van der Waals surface area contributed by atoms with Crippen LogP contribution in [0.5, 0.6) is 0 Å². The van der Waals surface area contributed by atoms with Gasteiger partial charge in [-0.05, 0) is 43.4 Å². The first-order chi connectivity index (χ1) is 8.94.